The van der Waals surface area contributed by atoms with Crippen molar-refractivity contribution in [1.29, 1.82) is 0 Å². The predicted octanol–water partition coefficient (Wildman–Crippen LogP) is 2.39. The van der Waals surface area contributed by atoms with Crippen LogP contribution < -0.4 is 15.5 Å². The SMILES string of the molecule is CN=C(NCC1(OC)CCOCC1)NC1CCN(c2ccccc2Br)C1. The van der Waals surface area contributed by atoms with Gasteiger partial charge in [0.1, 0.15) is 0 Å². The van der Waals surface area contributed by atoms with Gasteiger partial charge in [0.15, 0.2) is 5.96 Å². The van der Waals surface area contributed by atoms with E-state index in [0.717, 1.165) is 62.5 Å². The summed E-state index contributed by atoms with van der Waals surface area (Å²) in [6.45, 7) is 4.26. The second-order valence-electron chi connectivity index (χ2n) is 6.95. The molecule has 0 aromatic heterocycles. The Bertz CT molecular complexity index is 619. The first-order valence-electron chi connectivity index (χ1n) is 9.25. The van der Waals surface area contributed by atoms with Crippen LogP contribution in [0.25, 0.3) is 0 Å². The number of hydrogen-bond donors (Lipinski definition) is 2. The molecular formula is C19H29BrN4O2. The Hall–Kier alpha value is -1.31. The Morgan fingerprint density at radius 1 is 1.38 bits per heavy atom. The lowest BCUT2D eigenvalue weighted by atomic mass is 9.94. The summed E-state index contributed by atoms with van der Waals surface area (Å²) in [6.07, 6.45) is 2.91. The van der Waals surface area contributed by atoms with Crippen LogP contribution in [0.1, 0.15) is 19.3 Å². The monoisotopic (exact) mass is 424 g/mol. The van der Waals surface area contributed by atoms with Gasteiger partial charge in [-0.15, -0.1) is 0 Å². The van der Waals surface area contributed by atoms with Crippen molar-refractivity contribution in [3.63, 3.8) is 0 Å². The number of aliphatic imine (C=N–C) groups is 1. The topological polar surface area (TPSA) is 58.1 Å². The average molecular weight is 425 g/mol. The summed E-state index contributed by atoms with van der Waals surface area (Å²) in [7, 11) is 3.61. The Balaban J connectivity index is 1.52. The van der Waals surface area contributed by atoms with Gasteiger partial charge in [-0.1, -0.05) is 12.1 Å². The normalized spacial score (nSPS) is 23.1. The number of halogens is 1. The van der Waals surface area contributed by atoms with Gasteiger partial charge < -0.3 is 25.0 Å². The molecule has 1 aromatic carbocycles. The average Bonchev–Trinajstić information content (AvgIpc) is 3.14. The zero-order chi connectivity index (χ0) is 18.4. The van der Waals surface area contributed by atoms with E-state index >= 15 is 0 Å². The van der Waals surface area contributed by atoms with E-state index in [-0.39, 0.29) is 5.60 Å². The molecule has 144 valence electrons. The molecule has 1 aromatic rings. The Labute approximate surface area is 164 Å². The fraction of sp³-hybridized carbons (Fsp3) is 0.632. The maximum absolute atomic E-state index is 5.79. The minimum absolute atomic E-state index is 0.160. The van der Waals surface area contributed by atoms with Crippen LogP contribution in [0.3, 0.4) is 0 Å². The minimum Gasteiger partial charge on any atom is -0.381 e. The van der Waals surface area contributed by atoms with E-state index in [0.29, 0.717) is 6.04 Å². The number of methoxy groups -OCH3 is 1. The first kappa shape index (κ1) is 19.5. The van der Waals surface area contributed by atoms with E-state index in [9.17, 15) is 0 Å². The van der Waals surface area contributed by atoms with Crippen molar-refractivity contribution in [2.75, 3.05) is 51.9 Å². The van der Waals surface area contributed by atoms with Crippen LogP contribution in [0, 0.1) is 0 Å². The number of anilines is 1. The van der Waals surface area contributed by atoms with Crippen LogP contribution in [-0.4, -0.2) is 64.6 Å². The highest BCUT2D eigenvalue weighted by molar-refractivity contribution is 9.10. The van der Waals surface area contributed by atoms with E-state index in [1.165, 1.54) is 5.69 Å². The highest BCUT2D eigenvalue weighted by Crippen LogP contribution is 2.28. The van der Waals surface area contributed by atoms with Crippen LogP contribution in [0.2, 0.25) is 0 Å². The summed E-state index contributed by atoms with van der Waals surface area (Å²) < 4.78 is 12.4. The molecule has 0 spiro atoms. The summed E-state index contributed by atoms with van der Waals surface area (Å²) >= 11 is 3.65. The van der Waals surface area contributed by atoms with Gasteiger partial charge in [-0.05, 0) is 34.5 Å². The molecule has 6 nitrogen and oxygen atoms in total. The number of benzene rings is 1. The van der Waals surface area contributed by atoms with Gasteiger partial charge in [0.2, 0.25) is 0 Å². The predicted molar refractivity (Wildman–Crippen MR) is 109 cm³/mol. The second kappa shape index (κ2) is 9.06. The fourth-order valence-corrected chi connectivity index (χ4v) is 4.17. The lowest BCUT2D eigenvalue weighted by molar-refractivity contribution is -0.0855. The number of rotatable bonds is 5. The molecule has 2 N–H and O–H groups in total. The second-order valence-corrected chi connectivity index (χ2v) is 7.81. The van der Waals surface area contributed by atoms with Gasteiger partial charge in [-0.25, -0.2) is 0 Å². The van der Waals surface area contributed by atoms with Crippen molar-refractivity contribution in [3.8, 4) is 0 Å². The standard InChI is InChI=1S/C19H29BrN4O2/c1-21-18(22-14-19(25-2)8-11-26-12-9-19)23-15-7-10-24(13-15)17-6-4-3-5-16(17)20/h3-6,15H,7-14H2,1-2H3,(H2,21,22,23). The molecule has 2 fully saturated rings. The number of nitrogens with zero attached hydrogens (tertiary/aromatic N) is 2. The Morgan fingerprint density at radius 2 is 2.15 bits per heavy atom. The van der Waals surface area contributed by atoms with Crippen LogP contribution in [-0.2, 0) is 9.47 Å². The zero-order valence-electron chi connectivity index (χ0n) is 15.6. The highest BCUT2D eigenvalue weighted by Gasteiger charge is 2.33. The van der Waals surface area contributed by atoms with E-state index in [1.54, 1.807) is 7.11 Å². The number of nitrogens with one attached hydrogen (secondary N) is 2. The summed E-state index contributed by atoms with van der Waals surface area (Å²) in [5, 5.41) is 7.02. The fourth-order valence-electron chi connectivity index (χ4n) is 3.63. The van der Waals surface area contributed by atoms with Crippen LogP contribution in [0.4, 0.5) is 5.69 Å². The van der Waals surface area contributed by atoms with Crippen LogP contribution >= 0.6 is 15.9 Å². The first-order valence-corrected chi connectivity index (χ1v) is 10.0. The van der Waals surface area contributed by atoms with Crippen molar-refractivity contribution < 1.29 is 9.47 Å². The lowest BCUT2D eigenvalue weighted by Crippen LogP contribution is -2.52. The lowest BCUT2D eigenvalue weighted by Gasteiger charge is -2.36. The van der Waals surface area contributed by atoms with Crippen molar-refractivity contribution in [1.82, 2.24) is 10.6 Å². The van der Waals surface area contributed by atoms with E-state index in [4.69, 9.17) is 9.47 Å². The first-order chi connectivity index (χ1) is 12.7. The molecule has 2 heterocycles. The molecule has 26 heavy (non-hydrogen) atoms. The minimum atomic E-state index is -0.160. The summed E-state index contributed by atoms with van der Waals surface area (Å²) in [4.78, 5) is 6.80. The van der Waals surface area contributed by atoms with Gasteiger partial charge in [-0.3, -0.25) is 4.99 Å². The molecular weight excluding hydrogens is 396 g/mol. The third-order valence-corrected chi connectivity index (χ3v) is 6.03. The maximum Gasteiger partial charge on any atom is 0.191 e. The molecule has 7 heteroatoms. The van der Waals surface area contributed by atoms with Crippen molar-refractivity contribution >= 4 is 27.6 Å². The van der Waals surface area contributed by atoms with Crippen LogP contribution in [0.5, 0.6) is 0 Å². The molecule has 2 saturated heterocycles. The number of para-hydroxylation sites is 1. The van der Waals surface area contributed by atoms with E-state index in [2.05, 4.69) is 54.7 Å². The summed E-state index contributed by atoms with van der Waals surface area (Å²) in [5.41, 5.74) is 1.09. The zero-order valence-corrected chi connectivity index (χ0v) is 17.2. The Kier molecular flexibility index (Phi) is 6.78. The van der Waals surface area contributed by atoms with Crippen molar-refractivity contribution in [2.45, 2.75) is 30.9 Å². The molecule has 1 unspecified atom stereocenters. The molecule has 2 aliphatic heterocycles. The van der Waals surface area contributed by atoms with Crippen molar-refractivity contribution in [3.05, 3.63) is 28.7 Å². The van der Waals surface area contributed by atoms with E-state index in [1.807, 2.05) is 13.1 Å². The molecule has 3 rings (SSSR count). The largest absolute Gasteiger partial charge is 0.381 e. The molecule has 2 aliphatic rings. The third kappa shape index (κ3) is 4.69. The molecule has 0 radical (unpaired) electrons. The maximum atomic E-state index is 5.79. The highest BCUT2D eigenvalue weighted by atomic mass is 79.9. The Morgan fingerprint density at radius 3 is 2.85 bits per heavy atom. The molecule has 1 atom stereocenters. The summed E-state index contributed by atoms with van der Waals surface area (Å²) in [5.74, 6) is 0.840. The quantitative estimate of drug-likeness (QED) is 0.561. The smallest absolute Gasteiger partial charge is 0.191 e. The summed E-state index contributed by atoms with van der Waals surface area (Å²) in [6, 6.07) is 8.76. The number of guanidine groups is 1. The van der Waals surface area contributed by atoms with Crippen LogP contribution in [0.15, 0.2) is 33.7 Å². The molecule has 0 aliphatic carbocycles. The van der Waals surface area contributed by atoms with Gasteiger partial charge in [0.05, 0.1) is 11.3 Å². The third-order valence-electron chi connectivity index (χ3n) is 5.36. The molecule has 0 saturated carbocycles. The van der Waals surface area contributed by atoms with Crippen molar-refractivity contribution in [2.24, 2.45) is 4.99 Å². The molecule has 0 amide bonds. The van der Waals surface area contributed by atoms with Gasteiger partial charge in [0.25, 0.3) is 0 Å². The van der Waals surface area contributed by atoms with Gasteiger partial charge >= 0.3 is 0 Å². The van der Waals surface area contributed by atoms with Gasteiger partial charge in [0, 0.05) is 70.4 Å². The molecule has 0 bridgehead atoms. The number of hydrogen-bond acceptors (Lipinski definition) is 4. The van der Waals surface area contributed by atoms with Gasteiger partial charge in [-0.2, -0.15) is 0 Å². The number of ether oxygens (including phenoxy) is 2. The van der Waals surface area contributed by atoms with E-state index < -0.39 is 0 Å².